The largest absolute Gasteiger partial charge is 0.370 e. The third-order valence-electron chi connectivity index (χ3n) is 4.22. The molecule has 0 bridgehead atoms. The van der Waals surface area contributed by atoms with E-state index in [0.717, 1.165) is 30.8 Å². The molecule has 0 radical (unpaired) electrons. The Morgan fingerprint density at radius 2 is 2.17 bits per heavy atom. The Labute approximate surface area is 109 Å². The molecule has 1 aromatic rings. The van der Waals surface area contributed by atoms with Crippen LogP contribution in [0.3, 0.4) is 0 Å². The van der Waals surface area contributed by atoms with Crippen molar-refractivity contribution >= 4 is 5.69 Å². The first-order valence-corrected chi connectivity index (χ1v) is 6.52. The first-order valence-electron chi connectivity index (χ1n) is 6.52. The molecule has 1 aromatic carbocycles. The van der Waals surface area contributed by atoms with Gasteiger partial charge in [-0.3, -0.25) is 0 Å². The number of nitrogens with two attached hydrogens (primary N) is 1. The van der Waals surface area contributed by atoms with Crippen LogP contribution in [0.1, 0.15) is 25.8 Å². The molecule has 1 saturated heterocycles. The van der Waals surface area contributed by atoms with Gasteiger partial charge in [-0.05, 0) is 36.4 Å². The zero-order chi connectivity index (χ0) is 13.2. The average molecular weight is 243 g/mol. The highest BCUT2D eigenvalue weighted by Crippen LogP contribution is 2.37. The highest BCUT2D eigenvalue weighted by molar-refractivity contribution is 5.59. The molecule has 18 heavy (non-hydrogen) atoms. The molecule has 0 saturated carbocycles. The van der Waals surface area contributed by atoms with Gasteiger partial charge in [0.15, 0.2) is 0 Å². The van der Waals surface area contributed by atoms with Gasteiger partial charge in [-0.15, -0.1) is 0 Å². The smallest absolute Gasteiger partial charge is 0.101 e. The van der Waals surface area contributed by atoms with Gasteiger partial charge in [0.1, 0.15) is 6.07 Å². The van der Waals surface area contributed by atoms with Gasteiger partial charge in [0, 0.05) is 13.1 Å². The van der Waals surface area contributed by atoms with Crippen molar-refractivity contribution < 1.29 is 0 Å². The van der Waals surface area contributed by atoms with Gasteiger partial charge in [-0.2, -0.15) is 5.26 Å². The summed E-state index contributed by atoms with van der Waals surface area (Å²) in [5, 5.41) is 9.17. The summed E-state index contributed by atoms with van der Waals surface area (Å²) in [4.78, 5) is 2.31. The van der Waals surface area contributed by atoms with E-state index in [1.165, 1.54) is 0 Å². The quantitative estimate of drug-likeness (QED) is 0.867. The van der Waals surface area contributed by atoms with Gasteiger partial charge in [0.05, 0.1) is 11.3 Å². The van der Waals surface area contributed by atoms with E-state index < -0.39 is 0 Å². The summed E-state index contributed by atoms with van der Waals surface area (Å²) in [6.07, 6.45) is 1.12. The van der Waals surface area contributed by atoms with Crippen LogP contribution in [0.5, 0.6) is 0 Å². The Hall–Kier alpha value is -1.53. The van der Waals surface area contributed by atoms with Crippen molar-refractivity contribution in [2.75, 3.05) is 24.5 Å². The van der Waals surface area contributed by atoms with Gasteiger partial charge >= 0.3 is 0 Å². The predicted octanol–water partition coefficient (Wildman–Crippen LogP) is 2.37. The number of hydrogen-bond donors (Lipinski definition) is 1. The fourth-order valence-electron chi connectivity index (χ4n) is 2.69. The molecule has 96 valence electrons. The van der Waals surface area contributed by atoms with Crippen LogP contribution in [0, 0.1) is 22.7 Å². The number of nitrogens with zero attached hydrogens (tertiary/aromatic N) is 2. The molecule has 0 aromatic heterocycles. The molecule has 1 fully saturated rings. The van der Waals surface area contributed by atoms with E-state index in [0.29, 0.717) is 17.9 Å². The van der Waals surface area contributed by atoms with Gasteiger partial charge < -0.3 is 10.6 Å². The van der Waals surface area contributed by atoms with E-state index in [9.17, 15) is 5.26 Å². The van der Waals surface area contributed by atoms with E-state index in [-0.39, 0.29) is 0 Å². The minimum absolute atomic E-state index is 0.298. The second-order valence-electron chi connectivity index (χ2n) is 5.75. The maximum absolute atomic E-state index is 9.17. The highest BCUT2D eigenvalue weighted by Gasteiger charge is 2.35. The van der Waals surface area contributed by atoms with Gasteiger partial charge in [-0.1, -0.05) is 26.0 Å². The summed E-state index contributed by atoms with van der Waals surface area (Å²) in [5.41, 5.74) is 8.00. The fraction of sp³-hybridized carbons (Fsp3) is 0.533. The molecule has 0 aliphatic carbocycles. The summed E-state index contributed by atoms with van der Waals surface area (Å²) < 4.78 is 0. The van der Waals surface area contributed by atoms with Crippen molar-refractivity contribution in [3.63, 3.8) is 0 Å². The number of rotatable bonds is 2. The Bertz CT molecular complexity index is 459. The molecule has 0 spiro atoms. The predicted molar refractivity (Wildman–Crippen MR) is 74.3 cm³/mol. The molecule has 0 amide bonds. The number of anilines is 1. The van der Waals surface area contributed by atoms with E-state index >= 15 is 0 Å². The Morgan fingerprint density at radius 1 is 1.44 bits per heavy atom. The van der Waals surface area contributed by atoms with Crippen molar-refractivity contribution in [2.45, 2.75) is 20.3 Å². The van der Waals surface area contributed by atoms with Crippen molar-refractivity contribution in [3.8, 4) is 6.07 Å². The summed E-state index contributed by atoms with van der Waals surface area (Å²) >= 11 is 0. The van der Waals surface area contributed by atoms with Crippen LogP contribution in [0.4, 0.5) is 5.69 Å². The molecule has 1 unspecified atom stereocenters. The van der Waals surface area contributed by atoms with Crippen LogP contribution < -0.4 is 10.6 Å². The molecule has 1 heterocycles. The van der Waals surface area contributed by atoms with Crippen LogP contribution in [0.2, 0.25) is 0 Å². The Morgan fingerprint density at radius 3 is 2.83 bits per heavy atom. The second kappa shape index (κ2) is 4.99. The molecule has 3 heteroatoms. The molecule has 2 N–H and O–H groups in total. The lowest BCUT2D eigenvalue weighted by molar-refractivity contribution is 0.177. The van der Waals surface area contributed by atoms with Crippen LogP contribution >= 0.6 is 0 Å². The third-order valence-corrected chi connectivity index (χ3v) is 4.22. The number of benzene rings is 1. The molecule has 1 atom stereocenters. The van der Waals surface area contributed by atoms with Gasteiger partial charge in [0.25, 0.3) is 0 Å². The number of hydrogen-bond acceptors (Lipinski definition) is 3. The molecular weight excluding hydrogens is 222 g/mol. The first kappa shape index (κ1) is 12.9. The molecule has 3 nitrogen and oxygen atoms in total. The minimum atomic E-state index is 0.298. The highest BCUT2D eigenvalue weighted by atomic mass is 15.1. The van der Waals surface area contributed by atoms with E-state index in [1.807, 2.05) is 24.3 Å². The van der Waals surface area contributed by atoms with Gasteiger partial charge in [0.2, 0.25) is 0 Å². The molecule has 1 aliphatic heterocycles. The number of nitriles is 1. The summed E-state index contributed by atoms with van der Waals surface area (Å²) in [6.45, 7) is 7.23. The van der Waals surface area contributed by atoms with Gasteiger partial charge in [-0.25, -0.2) is 0 Å². The first-order chi connectivity index (χ1) is 8.58. The lowest BCUT2D eigenvalue weighted by Gasteiger charge is -2.44. The average Bonchev–Trinajstić information content (AvgIpc) is 2.38. The lowest BCUT2D eigenvalue weighted by Crippen LogP contribution is -2.47. The Balaban J connectivity index is 2.24. The minimum Gasteiger partial charge on any atom is -0.370 e. The molecular formula is C15H21N3. The lowest BCUT2D eigenvalue weighted by atomic mass is 9.73. The van der Waals surface area contributed by atoms with Crippen molar-refractivity contribution in [1.82, 2.24) is 0 Å². The van der Waals surface area contributed by atoms with Crippen LogP contribution in [0.25, 0.3) is 0 Å². The maximum atomic E-state index is 9.17. The zero-order valence-electron chi connectivity index (χ0n) is 11.2. The second-order valence-corrected chi connectivity index (χ2v) is 5.75. The molecule has 1 aliphatic rings. The van der Waals surface area contributed by atoms with E-state index in [1.54, 1.807) is 0 Å². The van der Waals surface area contributed by atoms with Crippen LogP contribution in [-0.2, 0) is 0 Å². The maximum Gasteiger partial charge on any atom is 0.101 e. The SMILES string of the molecule is CC1(C)CCN(c2ccccc2C#N)CC1CN. The molecule has 2 rings (SSSR count). The summed E-state index contributed by atoms with van der Waals surface area (Å²) in [6, 6.07) is 10.1. The van der Waals surface area contributed by atoms with Crippen molar-refractivity contribution in [1.29, 1.82) is 5.26 Å². The van der Waals surface area contributed by atoms with Crippen LogP contribution in [-0.4, -0.2) is 19.6 Å². The standard InChI is InChI=1S/C15H21N3/c1-15(2)7-8-18(11-13(15)10-17)14-6-4-3-5-12(14)9-16/h3-6,13H,7-8,10-11,17H2,1-2H3. The topological polar surface area (TPSA) is 53.0 Å². The fourth-order valence-corrected chi connectivity index (χ4v) is 2.69. The third kappa shape index (κ3) is 2.34. The monoisotopic (exact) mass is 243 g/mol. The normalized spacial score (nSPS) is 22.6. The van der Waals surface area contributed by atoms with E-state index in [4.69, 9.17) is 5.73 Å². The number of piperidine rings is 1. The van der Waals surface area contributed by atoms with Crippen LogP contribution in [0.15, 0.2) is 24.3 Å². The Kier molecular flexibility index (Phi) is 3.58. The van der Waals surface area contributed by atoms with E-state index in [2.05, 4.69) is 24.8 Å². The zero-order valence-corrected chi connectivity index (χ0v) is 11.2. The summed E-state index contributed by atoms with van der Waals surface area (Å²) in [5.74, 6) is 0.484. The van der Waals surface area contributed by atoms with Crippen molar-refractivity contribution in [2.24, 2.45) is 17.1 Å². The van der Waals surface area contributed by atoms with Crippen molar-refractivity contribution in [3.05, 3.63) is 29.8 Å². The summed E-state index contributed by atoms with van der Waals surface area (Å²) in [7, 11) is 0. The number of para-hydroxylation sites is 1.